The molecule has 5 nitrogen and oxygen atoms in total. The topological polar surface area (TPSA) is 50.5 Å². The molecule has 0 amide bonds. The second kappa shape index (κ2) is 10.4. The number of furan rings is 1. The van der Waals surface area contributed by atoms with Gasteiger partial charge in [0.1, 0.15) is 29.1 Å². The number of nitrogens with one attached hydrogen (secondary N) is 1. The van der Waals surface area contributed by atoms with Crippen molar-refractivity contribution in [1.29, 1.82) is 0 Å². The molecule has 1 fully saturated rings. The molecule has 0 spiro atoms. The summed E-state index contributed by atoms with van der Waals surface area (Å²) in [6.07, 6.45) is 1.80. The molecule has 0 aliphatic carbocycles. The summed E-state index contributed by atoms with van der Waals surface area (Å²) < 4.78 is 13.5. The molecule has 0 radical (unpaired) electrons. The van der Waals surface area contributed by atoms with E-state index in [1.54, 1.807) is 6.20 Å². The van der Waals surface area contributed by atoms with E-state index in [0.717, 1.165) is 44.4 Å². The zero-order chi connectivity index (χ0) is 26.1. The highest BCUT2D eigenvalue weighted by atomic mass is 79.9. The average Bonchev–Trinajstić information content (AvgIpc) is 3.55. The first-order valence-corrected chi connectivity index (χ1v) is 13.5. The Labute approximate surface area is 235 Å². The Morgan fingerprint density at radius 1 is 0.895 bits per heavy atom. The molecule has 0 saturated carbocycles. The minimum absolute atomic E-state index is 0.190. The first-order valence-electron chi connectivity index (χ1n) is 12.3. The van der Waals surface area contributed by atoms with Gasteiger partial charge in [-0.15, -0.1) is 0 Å². The van der Waals surface area contributed by atoms with Crippen LogP contribution in [0.1, 0.15) is 29.1 Å². The van der Waals surface area contributed by atoms with Gasteiger partial charge >= 0.3 is 0 Å². The van der Waals surface area contributed by atoms with Crippen LogP contribution in [0.3, 0.4) is 0 Å². The van der Waals surface area contributed by atoms with Crippen molar-refractivity contribution in [3.63, 3.8) is 0 Å². The van der Waals surface area contributed by atoms with Gasteiger partial charge in [-0.1, -0.05) is 46.3 Å². The third-order valence-corrected chi connectivity index (χ3v) is 7.47. The van der Waals surface area contributed by atoms with Crippen LogP contribution in [-0.4, -0.2) is 10.1 Å². The quantitative estimate of drug-likeness (QED) is 0.203. The van der Waals surface area contributed by atoms with Crippen molar-refractivity contribution in [2.24, 2.45) is 0 Å². The van der Waals surface area contributed by atoms with Gasteiger partial charge in [0.15, 0.2) is 5.11 Å². The van der Waals surface area contributed by atoms with Crippen LogP contribution in [-0.2, 0) is 0 Å². The summed E-state index contributed by atoms with van der Waals surface area (Å²) in [5, 5.41) is 4.09. The molecular formula is C31H24BrN3O2S. The lowest BCUT2D eigenvalue weighted by Crippen LogP contribution is -2.29. The van der Waals surface area contributed by atoms with Crippen LogP contribution >= 0.6 is 28.1 Å². The Kier molecular flexibility index (Phi) is 6.70. The number of aryl methyl sites for hydroxylation is 1. The lowest BCUT2D eigenvalue weighted by Gasteiger charge is -2.26. The van der Waals surface area contributed by atoms with Gasteiger partial charge in [-0.05, 0) is 97.5 Å². The van der Waals surface area contributed by atoms with Gasteiger partial charge in [0.25, 0.3) is 0 Å². The number of halogens is 1. The van der Waals surface area contributed by atoms with Crippen molar-refractivity contribution in [3.8, 4) is 22.8 Å². The highest BCUT2D eigenvalue weighted by molar-refractivity contribution is 9.10. The van der Waals surface area contributed by atoms with Gasteiger partial charge in [0.05, 0.1) is 11.7 Å². The Morgan fingerprint density at radius 3 is 2.39 bits per heavy atom. The Bertz CT molecular complexity index is 1570. The van der Waals surface area contributed by atoms with E-state index in [4.69, 9.17) is 21.4 Å². The maximum Gasteiger partial charge on any atom is 0.174 e. The molecule has 38 heavy (non-hydrogen) atoms. The highest BCUT2D eigenvalue weighted by Crippen LogP contribution is 2.44. The molecule has 1 N–H and O–H groups in total. The van der Waals surface area contributed by atoms with Crippen molar-refractivity contribution in [2.45, 2.75) is 19.0 Å². The summed E-state index contributed by atoms with van der Waals surface area (Å²) in [4.78, 5) is 6.72. The average molecular weight is 583 g/mol. The summed E-state index contributed by atoms with van der Waals surface area (Å²) >= 11 is 9.54. The van der Waals surface area contributed by atoms with E-state index in [2.05, 4.69) is 56.3 Å². The lowest BCUT2D eigenvalue weighted by molar-refractivity contribution is 0.439. The third-order valence-electron chi connectivity index (χ3n) is 6.50. The van der Waals surface area contributed by atoms with E-state index in [1.165, 1.54) is 5.56 Å². The molecule has 1 aliphatic rings. The first kappa shape index (κ1) is 24.4. The van der Waals surface area contributed by atoms with E-state index in [-0.39, 0.29) is 12.1 Å². The zero-order valence-corrected chi connectivity index (χ0v) is 22.9. The molecule has 5 aromatic rings. The Hall–Kier alpha value is -3.94. The summed E-state index contributed by atoms with van der Waals surface area (Å²) in [5.74, 6) is 3.12. The van der Waals surface area contributed by atoms with Gasteiger partial charge in [-0.2, -0.15) is 0 Å². The maximum absolute atomic E-state index is 6.51. The lowest BCUT2D eigenvalue weighted by atomic mass is 10.0. The number of nitrogens with zero attached hydrogens (tertiary/aromatic N) is 2. The summed E-state index contributed by atoms with van der Waals surface area (Å²) in [6, 6.07) is 33.4. The molecule has 3 aromatic carbocycles. The molecule has 1 saturated heterocycles. The van der Waals surface area contributed by atoms with Crippen LogP contribution < -0.4 is 15.0 Å². The number of aromatic nitrogens is 1. The number of hydrogen-bond donors (Lipinski definition) is 1. The number of benzene rings is 3. The van der Waals surface area contributed by atoms with E-state index in [9.17, 15) is 0 Å². The number of ether oxygens (including phenoxy) is 1. The van der Waals surface area contributed by atoms with Gasteiger partial charge < -0.3 is 19.4 Å². The molecule has 188 valence electrons. The molecule has 6 rings (SSSR count). The highest BCUT2D eigenvalue weighted by Gasteiger charge is 2.42. The number of rotatable bonds is 6. The van der Waals surface area contributed by atoms with Crippen LogP contribution in [0, 0.1) is 6.92 Å². The first-order chi connectivity index (χ1) is 18.6. The van der Waals surface area contributed by atoms with Gasteiger partial charge in [-0.3, -0.25) is 4.98 Å². The van der Waals surface area contributed by atoms with Crippen LogP contribution in [0.15, 0.2) is 118 Å². The van der Waals surface area contributed by atoms with Crippen molar-refractivity contribution in [1.82, 2.24) is 10.3 Å². The van der Waals surface area contributed by atoms with Crippen molar-refractivity contribution in [2.75, 3.05) is 4.90 Å². The number of hydrogen-bond acceptors (Lipinski definition) is 4. The van der Waals surface area contributed by atoms with Crippen molar-refractivity contribution >= 4 is 38.9 Å². The fourth-order valence-corrected chi connectivity index (χ4v) is 5.73. The molecule has 2 aromatic heterocycles. The molecule has 2 unspecified atom stereocenters. The summed E-state index contributed by atoms with van der Waals surface area (Å²) in [6.45, 7) is 2.07. The van der Waals surface area contributed by atoms with Gasteiger partial charge in [-0.25, -0.2) is 0 Å². The molecule has 2 atom stereocenters. The largest absolute Gasteiger partial charge is 0.459 e. The second-order valence-electron chi connectivity index (χ2n) is 9.09. The predicted molar refractivity (Wildman–Crippen MR) is 157 cm³/mol. The smallest absolute Gasteiger partial charge is 0.174 e. The Morgan fingerprint density at radius 2 is 1.66 bits per heavy atom. The minimum Gasteiger partial charge on any atom is -0.459 e. The predicted octanol–water partition coefficient (Wildman–Crippen LogP) is 8.38. The van der Waals surface area contributed by atoms with E-state index >= 15 is 0 Å². The minimum atomic E-state index is -0.240. The fraction of sp³-hybridized carbons (Fsp3) is 0.0968. The van der Waals surface area contributed by atoms with Crippen LogP contribution in [0.25, 0.3) is 11.3 Å². The zero-order valence-electron chi connectivity index (χ0n) is 20.5. The van der Waals surface area contributed by atoms with Gasteiger partial charge in [0, 0.05) is 21.9 Å². The summed E-state index contributed by atoms with van der Waals surface area (Å²) in [7, 11) is 0. The van der Waals surface area contributed by atoms with E-state index < -0.39 is 0 Å². The molecular weight excluding hydrogens is 558 g/mol. The van der Waals surface area contributed by atoms with Crippen LogP contribution in [0.4, 0.5) is 5.69 Å². The summed E-state index contributed by atoms with van der Waals surface area (Å²) in [5.41, 5.74) is 4.00. The number of anilines is 1. The SMILES string of the molecule is Cc1ccc(-c2ccc(C3C(c4ccccn4)NC(=S)N3c3ccc(Oc4ccccc4)cc3)o2)c(Br)c1. The molecule has 1 aliphatic heterocycles. The number of thiocarbonyl (C=S) groups is 1. The normalized spacial score (nSPS) is 16.9. The fourth-order valence-electron chi connectivity index (χ4n) is 4.70. The second-order valence-corrected chi connectivity index (χ2v) is 10.3. The van der Waals surface area contributed by atoms with Crippen LogP contribution in [0.5, 0.6) is 11.5 Å². The van der Waals surface area contributed by atoms with E-state index in [0.29, 0.717) is 5.11 Å². The van der Waals surface area contributed by atoms with E-state index in [1.807, 2.05) is 84.9 Å². The number of pyridine rings is 1. The maximum atomic E-state index is 6.51. The molecule has 7 heteroatoms. The number of para-hydroxylation sites is 1. The molecule has 0 bridgehead atoms. The van der Waals surface area contributed by atoms with Crippen LogP contribution in [0.2, 0.25) is 0 Å². The van der Waals surface area contributed by atoms with Crippen molar-refractivity contribution in [3.05, 3.63) is 131 Å². The Balaban J connectivity index is 1.37. The monoisotopic (exact) mass is 581 g/mol. The molecule has 3 heterocycles. The third kappa shape index (κ3) is 4.83. The standard InChI is InChI=1S/C31H24BrN3O2S/c1-20-10-15-24(25(32)19-20)27-16-17-28(37-27)30-29(26-9-5-6-18-33-26)34-31(38)35(30)21-11-13-23(14-12-21)36-22-7-3-2-4-8-22/h2-19,29-30H,1H3,(H,34,38). The van der Waals surface area contributed by atoms with Crippen molar-refractivity contribution < 1.29 is 9.15 Å². The van der Waals surface area contributed by atoms with Gasteiger partial charge in [0.2, 0.25) is 0 Å².